The van der Waals surface area contributed by atoms with Crippen LogP contribution in [0.1, 0.15) is 16.9 Å². The van der Waals surface area contributed by atoms with E-state index in [0.29, 0.717) is 46.0 Å². The normalized spacial score (nSPS) is 13.7. The van der Waals surface area contributed by atoms with Gasteiger partial charge in [0.2, 0.25) is 0 Å². The SMILES string of the molecule is COc1cc2c(Oc3ccc(NC(=O)c4cc(Cl)ccn4)nc3)ccnc2cc1OCCCN1CCOCC1. The third kappa shape index (κ3) is 6.91. The van der Waals surface area contributed by atoms with Crippen molar-refractivity contribution >= 4 is 34.2 Å². The molecule has 4 heterocycles. The van der Waals surface area contributed by atoms with Gasteiger partial charge in [0.15, 0.2) is 11.5 Å². The van der Waals surface area contributed by atoms with Crippen molar-refractivity contribution in [1.82, 2.24) is 19.9 Å². The van der Waals surface area contributed by atoms with Crippen molar-refractivity contribution in [2.24, 2.45) is 0 Å². The maximum atomic E-state index is 12.4. The molecule has 0 atom stereocenters. The highest BCUT2D eigenvalue weighted by atomic mass is 35.5. The monoisotopic (exact) mass is 549 g/mol. The number of nitrogens with zero attached hydrogens (tertiary/aromatic N) is 4. The molecule has 1 aliphatic rings. The standard InChI is InChI=1S/C28H28ClN5O5/c1-36-25-16-21-22(17-26(25)38-12-2-9-34-10-13-37-14-11-34)30-8-6-24(21)39-20-3-4-27(32-18-20)33-28(35)23-15-19(29)5-7-31-23/h3-8,15-18H,2,9-14H2,1H3,(H,32,33,35). The lowest BCUT2D eigenvalue weighted by atomic mass is 10.2. The van der Waals surface area contributed by atoms with E-state index in [2.05, 4.69) is 25.2 Å². The van der Waals surface area contributed by atoms with E-state index < -0.39 is 5.91 Å². The van der Waals surface area contributed by atoms with Gasteiger partial charge in [0.25, 0.3) is 5.91 Å². The van der Waals surface area contributed by atoms with Crippen LogP contribution in [-0.2, 0) is 4.74 Å². The summed E-state index contributed by atoms with van der Waals surface area (Å²) in [5, 5.41) is 3.88. The summed E-state index contributed by atoms with van der Waals surface area (Å²) >= 11 is 5.94. The molecule has 1 aliphatic heterocycles. The summed E-state index contributed by atoms with van der Waals surface area (Å²) in [5.74, 6) is 2.24. The van der Waals surface area contributed by atoms with Gasteiger partial charge in [-0.1, -0.05) is 11.6 Å². The Kier molecular flexibility index (Phi) is 8.67. The quantitative estimate of drug-likeness (QED) is 0.278. The highest BCUT2D eigenvalue weighted by Gasteiger charge is 2.14. The van der Waals surface area contributed by atoms with Crippen LogP contribution in [0.2, 0.25) is 5.02 Å². The van der Waals surface area contributed by atoms with Gasteiger partial charge < -0.3 is 24.3 Å². The van der Waals surface area contributed by atoms with E-state index in [1.807, 2.05) is 12.1 Å². The number of rotatable bonds is 10. The first-order chi connectivity index (χ1) is 19.1. The third-order valence-corrected chi connectivity index (χ3v) is 6.36. The highest BCUT2D eigenvalue weighted by Crippen LogP contribution is 2.37. The molecule has 3 aromatic heterocycles. The van der Waals surface area contributed by atoms with E-state index in [1.54, 1.807) is 37.6 Å². The van der Waals surface area contributed by atoms with Crippen molar-refractivity contribution in [1.29, 1.82) is 0 Å². The number of methoxy groups -OCH3 is 1. The lowest BCUT2D eigenvalue weighted by molar-refractivity contribution is 0.0357. The van der Waals surface area contributed by atoms with Crippen LogP contribution < -0.4 is 19.5 Å². The molecule has 1 saturated heterocycles. The fraction of sp³-hybridized carbons (Fsp3) is 0.286. The molecular weight excluding hydrogens is 522 g/mol. The minimum absolute atomic E-state index is 0.197. The van der Waals surface area contributed by atoms with Gasteiger partial charge in [0.05, 0.1) is 38.6 Å². The predicted octanol–water partition coefficient (Wildman–Crippen LogP) is 4.83. The third-order valence-electron chi connectivity index (χ3n) is 6.13. The minimum Gasteiger partial charge on any atom is -0.493 e. The van der Waals surface area contributed by atoms with E-state index in [-0.39, 0.29) is 5.69 Å². The largest absolute Gasteiger partial charge is 0.493 e. The minimum atomic E-state index is -0.412. The molecule has 10 nitrogen and oxygen atoms in total. The Morgan fingerprint density at radius 1 is 1.03 bits per heavy atom. The Bertz CT molecular complexity index is 1430. The van der Waals surface area contributed by atoms with Gasteiger partial charge in [-0.25, -0.2) is 4.98 Å². The average Bonchev–Trinajstić information content (AvgIpc) is 2.96. The molecule has 0 bridgehead atoms. The first kappa shape index (κ1) is 26.6. The molecule has 0 radical (unpaired) electrons. The maximum absolute atomic E-state index is 12.4. The van der Waals surface area contributed by atoms with Gasteiger partial charge >= 0.3 is 0 Å². The molecule has 0 unspecified atom stereocenters. The van der Waals surface area contributed by atoms with Crippen LogP contribution >= 0.6 is 11.6 Å². The van der Waals surface area contributed by atoms with Crippen LogP contribution in [0.5, 0.6) is 23.0 Å². The number of hydrogen-bond acceptors (Lipinski definition) is 9. The van der Waals surface area contributed by atoms with E-state index in [4.69, 9.17) is 30.5 Å². The number of halogens is 1. The number of hydrogen-bond donors (Lipinski definition) is 1. The van der Waals surface area contributed by atoms with Crippen LogP contribution in [0.4, 0.5) is 5.82 Å². The molecule has 0 aliphatic carbocycles. The van der Waals surface area contributed by atoms with Crippen molar-refractivity contribution < 1.29 is 23.7 Å². The lowest BCUT2D eigenvalue weighted by Crippen LogP contribution is -2.37. The van der Waals surface area contributed by atoms with Crippen molar-refractivity contribution in [2.75, 3.05) is 51.9 Å². The topological polar surface area (TPSA) is 108 Å². The fourth-order valence-corrected chi connectivity index (χ4v) is 4.30. The molecule has 1 N–H and O–H groups in total. The summed E-state index contributed by atoms with van der Waals surface area (Å²) in [5.41, 5.74) is 0.907. The Hall–Kier alpha value is -3.99. The van der Waals surface area contributed by atoms with Crippen molar-refractivity contribution in [2.45, 2.75) is 6.42 Å². The van der Waals surface area contributed by atoms with E-state index in [1.165, 1.54) is 18.5 Å². The van der Waals surface area contributed by atoms with E-state index in [9.17, 15) is 4.79 Å². The summed E-state index contributed by atoms with van der Waals surface area (Å²) in [6.07, 6.45) is 5.57. The molecule has 0 saturated carbocycles. The maximum Gasteiger partial charge on any atom is 0.275 e. The van der Waals surface area contributed by atoms with Gasteiger partial charge in [0.1, 0.15) is 23.0 Å². The Morgan fingerprint density at radius 2 is 1.87 bits per heavy atom. The van der Waals surface area contributed by atoms with E-state index >= 15 is 0 Å². The highest BCUT2D eigenvalue weighted by molar-refractivity contribution is 6.30. The van der Waals surface area contributed by atoms with E-state index in [0.717, 1.165) is 44.7 Å². The summed E-state index contributed by atoms with van der Waals surface area (Å²) in [7, 11) is 1.61. The van der Waals surface area contributed by atoms with Crippen LogP contribution in [0.3, 0.4) is 0 Å². The molecule has 4 aromatic rings. The zero-order valence-corrected chi connectivity index (χ0v) is 22.2. The number of aromatic nitrogens is 3. The summed E-state index contributed by atoms with van der Waals surface area (Å²) in [6, 6.07) is 11.9. The van der Waals surface area contributed by atoms with Crippen molar-refractivity contribution in [3.8, 4) is 23.0 Å². The first-order valence-corrected chi connectivity index (χ1v) is 12.9. The molecule has 202 valence electrons. The second-order valence-electron chi connectivity index (χ2n) is 8.78. The zero-order valence-electron chi connectivity index (χ0n) is 21.4. The Balaban J connectivity index is 1.24. The predicted molar refractivity (Wildman–Crippen MR) is 147 cm³/mol. The average molecular weight is 550 g/mol. The van der Waals surface area contributed by atoms with Gasteiger partial charge in [0, 0.05) is 48.5 Å². The Morgan fingerprint density at radius 3 is 2.64 bits per heavy atom. The smallest absolute Gasteiger partial charge is 0.275 e. The number of anilines is 1. The number of nitrogens with one attached hydrogen (secondary N) is 1. The number of morpholine rings is 1. The first-order valence-electron chi connectivity index (χ1n) is 12.6. The summed E-state index contributed by atoms with van der Waals surface area (Å²) in [6.45, 7) is 5.02. The molecule has 0 spiro atoms. The number of amides is 1. The number of carbonyl (C=O) groups is 1. The second kappa shape index (κ2) is 12.7. The lowest BCUT2D eigenvalue weighted by Gasteiger charge is -2.26. The second-order valence-corrected chi connectivity index (χ2v) is 9.22. The van der Waals surface area contributed by atoms with Crippen molar-refractivity contribution in [3.63, 3.8) is 0 Å². The van der Waals surface area contributed by atoms with Gasteiger partial charge in [-0.15, -0.1) is 0 Å². The number of ether oxygens (including phenoxy) is 4. The van der Waals surface area contributed by atoms with Gasteiger partial charge in [-0.05, 0) is 42.8 Å². The summed E-state index contributed by atoms with van der Waals surface area (Å²) < 4.78 is 23.1. The number of benzene rings is 1. The van der Waals surface area contributed by atoms with Crippen LogP contribution in [0.25, 0.3) is 10.9 Å². The molecule has 5 rings (SSSR count). The van der Waals surface area contributed by atoms with Crippen LogP contribution in [0, 0.1) is 0 Å². The molecule has 1 aromatic carbocycles. The van der Waals surface area contributed by atoms with Gasteiger partial charge in [-0.2, -0.15) is 0 Å². The molecule has 11 heteroatoms. The number of pyridine rings is 3. The Labute approximate surface area is 230 Å². The van der Waals surface area contributed by atoms with Gasteiger partial charge in [-0.3, -0.25) is 19.7 Å². The van der Waals surface area contributed by atoms with Crippen LogP contribution in [0.15, 0.2) is 61.1 Å². The number of carbonyl (C=O) groups excluding carboxylic acids is 1. The molecular formula is C28H28ClN5O5. The molecule has 1 amide bonds. The summed E-state index contributed by atoms with van der Waals surface area (Å²) in [4.78, 5) is 27.6. The zero-order chi connectivity index (χ0) is 27.0. The van der Waals surface area contributed by atoms with Crippen LogP contribution in [-0.4, -0.2) is 72.3 Å². The fourth-order valence-electron chi connectivity index (χ4n) is 4.14. The number of fused-ring (bicyclic) bond motifs is 1. The van der Waals surface area contributed by atoms with Crippen molar-refractivity contribution in [3.05, 3.63) is 71.8 Å². The molecule has 1 fully saturated rings. The molecule has 39 heavy (non-hydrogen) atoms.